The van der Waals surface area contributed by atoms with Crippen LogP contribution in [0, 0.1) is 0 Å². The Morgan fingerprint density at radius 2 is 1.54 bits per heavy atom. The van der Waals surface area contributed by atoms with Gasteiger partial charge in [0.1, 0.15) is 11.3 Å². The summed E-state index contributed by atoms with van der Waals surface area (Å²) in [6.07, 6.45) is 1.54. The first-order chi connectivity index (χ1) is 12.2. The van der Waals surface area contributed by atoms with Crippen LogP contribution in [0.4, 0.5) is 4.79 Å². The number of hydrogen-bond donors (Lipinski definition) is 0. The molecule has 1 aliphatic rings. The third kappa shape index (κ3) is 5.51. The molecule has 0 spiro atoms. The molecular weight excluding hydrogens is 330 g/mol. The van der Waals surface area contributed by atoms with Crippen molar-refractivity contribution in [3.8, 4) is 0 Å². The minimum Gasteiger partial charge on any atom is -0.444 e. The highest BCUT2D eigenvalue weighted by atomic mass is 16.6. The van der Waals surface area contributed by atoms with E-state index in [-0.39, 0.29) is 11.9 Å². The van der Waals surface area contributed by atoms with Crippen LogP contribution in [0.15, 0.2) is 42.2 Å². The zero-order valence-electron chi connectivity index (χ0n) is 16.4. The molecule has 0 N–H and O–H groups in total. The molecule has 1 saturated heterocycles. The van der Waals surface area contributed by atoms with Gasteiger partial charge in [-0.2, -0.15) is 0 Å². The first kappa shape index (κ1) is 19.8. The van der Waals surface area contributed by atoms with Gasteiger partial charge in [0, 0.05) is 52.0 Å². The number of amides is 1. The molecule has 142 valence electrons. The van der Waals surface area contributed by atoms with Crippen LogP contribution in [-0.2, 0) is 4.74 Å². The number of Topliss-reactive ketones (excluding diaryl/α,β-unsaturated/α-hetero) is 1. The lowest BCUT2D eigenvalue weighted by Gasteiger charge is -2.37. The maximum atomic E-state index is 12.9. The van der Waals surface area contributed by atoms with Gasteiger partial charge in [0.2, 0.25) is 5.78 Å². The molecule has 1 amide bonds. The fraction of sp³-hybridized carbons (Fsp3) is 0.500. The minimum atomic E-state index is -0.506. The van der Waals surface area contributed by atoms with Crippen molar-refractivity contribution in [1.82, 2.24) is 14.7 Å². The van der Waals surface area contributed by atoms with Gasteiger partial charge in [-0.3, -0.25) is 4.79 Å². The third-order valence-electron chi connectivity index (χ3n) is 3.92. The van der Waals surface area contributed by atoms with Gasteiger partial charge in [0.25, 0.3) is 0 Å². The maximum Gasteiger partial charge on any atom is 0.410 e. The molecule has 0 radical (unpaired) electrons. The average Bonchev–Trinajstić information content (AvgIpc) is 2.58. The van der Waals surface area contributed by atoms with E-state index in [2.05, 4.69) is 0 Å². The number of carbonyl (C=O) groups is 2. The van der Waals surface area contributed by atoms with Gasteiger partial charge in [-0.05, 0) is 20.8 Å². The molecule has 0 aliphatic carbocycles. The SMILES string of the molecule is CN(C)C=C(C(=O)c1ccccc1)N1CCN(C(=O)OC(C)(C)C)CC1. The van der Waals surface area contributed by atoms with Crippen LogP contribution >= 0.6 is 0 Å². The highest BCUT2D eigenvalue weighted by molar-refractivity contribution is 6.08. The van der Waals surface area contributed by atoms with Crippen molar-refractivity contribution in [3.63, 3.8) is 0 Å². The van der Waals surface area contributed by atoms with Gasteiger partial charge < -0.3 is 19.4 Å². The number of carbonyl (C=O) groups excluding carboxylic acids is 2. The molecule has 0 bridgehead atoms. The molecular formula is C20H29N3O3. The maximum absolute atomic E-state index is 12.9. The van der Waals surface area contributed by atoms with E-state index in [0.717, 1.165) is 0 Å². The van der Waals surface area contributed by atoms with Crippen molar-refractivity contribution >= 4 is 11.9 Å². The van der Waals surface area contributed by atoms with E-state index in [0.29, 0.717) is 37.4 Å². The molecule has 2 rings (SSSR count). The van der Waals surface area contributed by atoms with Crippen molar-refractivity contribution in [3.05, 3.63) is 47.8 Å². The molecule has 1 fully saturated rings. The van der Waals surface area contributed by atoms with Crippen LogP contribution in [0.5, 0.6) is 0 Å². The van der Waals surface area contributed by atoms with Crippen LogP contribution in [-0.4, -0.2) is 72.5 Å². The molecule has 1 aromatic carbocycles. The summed E-state index contributed by atoms with van der Waals surface area (Å²) >= 11 is 0. The fourth-order valence-electron chi connectivity index (χ4n) is 2.72. The molecule has 0 unspecified atom stereocenters. The zero-order valence-corrected chi connectivity index (χ0v) is 16.4. The van der Waals surface area contributed by atoms with Crippen molar-refractivity contribution < 1.29 is 14.3 Å². The number of nitrogens with zero attached hydrogens (tertiary/aromatic N) is 3. The normalized spacial score (nSPS) is 15.7. The molecule has 26 heavy (non-hydrogen) atoms. The molecule has 0 aromatic heterocycles. The average molecular weight is 359 g/mol. The number of ketones is 1. The monoisotopic (exact) mass is 359 g/mol. The number of rotatable bonds is 4. The van der Waals surface area contributed by atoms with Crippen LogP contribution in [0.1, 0.15) is 31.1 Å². The summed E-state index contributed by atoms with van der Waals surface area (Å²) in [5.41, 5.74) is 0.799. The summed E-state index contributed by atoms with van der Waals surface area (Å²) in [5.74, 6) is -0.00924. The number of benzene rings is 1. The van der Waals surface area contributed by atoms with E-state index in [1.165, 1.54) is 0 Å². The van der Waals surface area contributed by atoms with Crippen LogP contribution in [0.3, 0.4) is 0 Å². The van der Waals surface area contributed by atoms with E-state index >= 15 is 0 Å². The van der Waals surface area contributed by atoms with Gasteiger partial charge in [-0.1, -0.05) is 30.3 Å². The Balaban J connectivity index is 2.08. The number of allylic oxidation sites excluding steroid dienone is 1. The first-order valence-electron chi connectivity index (χ1n) is 8.88. The third-order valence-corrected chi connectivity index (χ3v) is 3.92. The second-order valence-corrected chi connectivity index (χ2v) is 7.63. The number of piperazine rings is 1. The fourth-order valence-corrected chi connectivity index (χ4v) is 2.72. The lowest BCUT2D eigenvalue weighted by molar-refractivity contribution is 0.0168. The van der Waals surface area contributed by atoms with E-state index in [1.807, 2.05) is 81.2 Å². The van der Waals surface area contributed by atoms with Gasteiger partial charge >= 0.3 is 6.09 Å². The molecule has 0 atom stereocenters. The summed E-state index contributed by atoms with van der Waals surface area (Å²) in [7, 11) is 3.80. The summed E-state index contributed by atoms with van der Waals surface area (Å²) in [6.45, 7) is 7.82. The summed E-state index contributed by atoms with van der Waals surface area (Å²) < 4.78 is 5.43. The van der Waals surface area contributed by atoms with Crippen molar-refractivity contribution in [2.75, 3.05) is 40.3 Å². The van der Waals surface area contributed by atoms with Gasteiger partial charge in [0.15, 0.2) is 0 Å². The highest BCUT2D eigenvalue weighted by Gasteiger charge is 2.28. The standard InChI is InChI=1S/C20H29N3O3/c1-20(2,3)26-19(25)23-13-11-22(12-14-23)17(15-21(4)5)18(24)16-9-7-6-8-10-16/h6-10,15H,11-14H2,1-5H3. The van der Waals surface area contributed by atoms with Crippen molar-refractivity contribution in [1.29, 1.82) is 0 Å². The molecule has 6 heteroatoms. The molecule has 1 aromatic rings. The van der Waals surface area contributed by atoms with E-state index in [4.69, 9.17) is 4.74 Å². The topological polar surface area (TPSA) is 53.1 Å². The second-order valence-electron chi connectivity index (χ2n) is 7.63. The Hall–Kier alpha value is -2.50. The van der Waals surface area contributed by atoms with Gasteiger partial charge in [-0.25, -0.2) is 4.79 Å². The highest BCUT2D eigenvalue weighted by Crippen LogP contribution is 2.18. The van der Waals surface area contributed by atoms with Crippen LogP contribution < -0.4 is 0 Å². The lowest BCUT2D eigenvalue weighted by Crippen LogP contribution is -2.50. The Bertz CT molecular complexity index is 655. The second kappa shape index (κ2) is 8.25. The molecule has 0 saturated carbocycles. The Labute approximate surface area is 156 Å². The molecule has 1 heterocycles. The molecule has 1 aliphatic heterocycles. The van der Waals surface area contributed by atoms with Crippen molar-refractivity contribution in [2.45, 2.75) is 26.4 Å². The summed E-state index contributed by atoms with van der Waals surface area (Å²) in [4.78, 5) is 30.8. The Morgan fingerprint density at radius 1 is 1.00 bits per heavy atom. The van der Waals surface area contributed by atoms with Crippen LogP contribution in [0.25, 0.3) is 0 Å². The van der Waals surface area contributed by atoms with Gasteiger partial charge in [0.05, 0.1) is 0 Å². The largest absolute Gasteiger partial charge is 0.444 e. The summed E-state index contributed by atoms with van der Waals surface area (Å²) in [5, 5.41) is 0. The Morgan fingerprint density at radius 3 is 2.04 bits per heavy atom. The molecule has 6 nitrogen and oxygen atoms in total. The van der Waals surface area contributed by atoms with E-state index in [9.17, 15) is 9.59 Å². The number of ether oxygens (including phenoxy) is 1. The lowest BCUT2D eigenvalue weighted by atomic mass is 10.1. The first-order valence-corrected chi connectivity index (χ1v) is 8.88. The van der Waals surface area contributed by atoms with Gasteiger partial charge in [-0.15, -0.1) is 0 Å². The number of hydrogen-bond acceptors (Lipinski definition) is 5. The minimum absolute atomic E-state index is 0.00924. The van der Waals surface area contributed by atoms with E-state index in [1.54, 1.807) is 4.90 Å². The quantitative estimate of drug-likeness (QED) is 0.611. The predicted octanol–water partition coefficient (Wildman–Crippen LogP) is 2.83. The smallest absolute Gasteiger partial charge is 0.410 e. The van der Waals surface area contributed by atoms with Crippen LogP contribution in [0.2, 0.25) is 0 Å². The summed E-state index contributed by atoms with van der Waals surface area (Å²) in [6, 6.07) is 9.26. The zero-order chi connectivity index (χ0) is 19.3. The Kier molecular flexibility index (Phi) is 6.29. The van der Waals surface area contributed by atoms with E-state index < -0.39 is 5.60 Å². The predicted molar refractivity (Wildman–Crippen MR) is 102 cm³/mol. The van der Waals surface area contributed by atoms with Crippen molar-refractivity contribution in [2.24, 2.45) is 0 Å².